The lowest BCUT2D eigenvalue weighted by molar-refractivity contribution is -0.143. The van der Waals surface area contributed by atoms with Gasteiger partial charge < -0.3 is 9.84 Å². The summed E-state index contributed by atoms with van der Waals surface area (Å²) in [5, 5.41) is 26.4. The third-order valence-corrected chi connectivity index (χ3v) is 6.13. The monoisotopic (exact) mass is 453 g/mol. The third-order valence-electron chi connectivity index (χ3n) is 6.13. The molecule has 1 fully saturated rings. The fraction of sp³-hybridized carbons (Fsp3) is 0.565. The minimum atomic E-state index is -0.739. The largest absolute Gasteiger partial charge is 0.488 e. The molecule has 10 heteroatoms. The van der Waals surface area contributed by atoms with Gasteiger partial charge in [-0.1, -0.05) is 30.7 Å². The fourth-order valence-electron chi connectivity index (χ4n) is 4.33. The lowest BCUT2D eigenvalue weighted by Gasteiger charge is -2.28. The normalized spacial score (nSPS) is 18.4. The van der Waals surface area contributed by atoms with Gasteiger partial charge in [-0.25, -0.2) is 14.3 Å². The highest BCUT2D eigenvalue weighted by Crippen LogP contribution is 2.31. The molecule has 2 atom stereocenters. The van der Waals surface area contributed by atoms with Crippen LogP contribution in [0.2, 0.25) is 0 Å². The van der Waals surface area contributed by atoms with E-state index in [1.807, 2.05) is 32.3 Å². The molecule has 1 aliphatic rings. The summed E-state index contributed by atoms with van der Waals surface area (Å²) in [5.74, 6) is -0.363. The molecule has 3 heterocycles. The lowest BCUT2D eigenvalue weighted by Crippen LogP contribution is -2.29. The van der Waals surface area contributed by atoms with E-state index in [1.165, 1.54) is 0 Å². The van der Waals surface area contributed by atoms with Crippen molar-refractivity contribution in [3.8, 4) is 17.1 Å². The van der Waals surface area contributed by atoms with Crippen LogP contribution in [-0.4, -0.2) is 52.2 Å². The fourth-order valence-corrected chi connectivity index (χ4v) is 4.33. The van der Waals surface area contributed by atoms with E-state index in [1.54, 1.807) is 9.36 Å². The second-order valence-corrected chi connectivity index (χ2v) is 8.60. The smallest absolute Gasteiger partial charge is 0.306 e. The number of hydrogen-bond donors (Lipinski definition) is 1. The van der Waals surface area contributed by atoms with Crippen molar-refractivity contribution in [2.45, 2.75) is 71.4 Å². The van der Waals surface area contributed by atoms with Gasteiger partial charge in [0, 0.05) is 13.2 Å². The van der Waals surface area contributed by atoms with Gasteiger partial charge in [0.1, 0.15) is 11.4 Å². The van der Waals surface area contributed by atoms with Gasteiger partial charge in [0.2, 0.25) is 0 Å². The highest BCUT2D eigenvalue weighted by molar-refractivity contribution is 5.70. The maximum Gasteiger partial charge on any atom is 0.306 e. The van der Waals surface area contributed by atoms with Crippen molar-refractivity contribution in [1.29, 1.82) is 0 Å². The first-order valence-electron chi connectivity index (χ1n) is 11.7. The van der Waals surface area contributed by atoms with Crippen LogP contribution in [-0.2, 0) is 31.2 Å². The summed E-state index contributed by atoms with van der Waals surface area (Å²) in [7, 11) is 1.86. The van der Waals surface area contributed by atoms with E-state index in [9.17, 15) is 9.90 Å². The molecule has 0 aromatic carbocycles. The molecule has 0 bridgehead atoms. The summed E-state index contributed by atoms with van der Waals surface area (Å²) in [6, 6.07) is 3.81. The molecule has 0 radical (unpaired) electrons. The molecular formula is C23H31N7O3. The lowest BCUT2D eigenvalue weighted by atomic mass is 9.87. The van der Waals surface area contributed by atoms with Crippen LogP contribution in [0.1, 0.15) is 63.0 Å². The van der Waals surface area contributed by atoms with Gasteiger partial charge >= 0.3 is 5.97 Å². The van der Waals surface area contributed by atoms with E-state index in [4.69, 9.17) is 9.72 Å². The maximum absolute atomic E-state index is 11.4. The zero-order valence-corrected chi connectivity index (χ0v) is 19.4. The quantitative estimate of drug-likeness (QED) is 0.525. The minimum Gasteiger partial charge on any atom is -0.488 e. The Labute approximate surface area is 193 Å². The van der Waals surface area contributed by atoms with Crippen LogP contribution < -0.4 is 4.74 Å². The van der Waals surface area contributed by atoms with Crippen molar-refractivity contribution in [2.24, 2.45) is 13.0 Å². The van der Waals surface area contributed by atoms with Crippen LogP contribution in [0.25, 0.3) is 11.4 Å². The van der Waals surface area contributed by atoms with Crippen LogP contribution >= 0.6 is 0 Å². The summed E-state index contributed by atoms with van der Waals surface area (Å²) in [6.07, 6.45) is 7.44. The minimum absolute atomic E-state index is 0.102. The number of ether oxygens (including phenoxy) is 1. The van der Waals surface area contributed by atoms with Crippen LogP contribution in [0.15, 0.2) is 18.3 Å². The van der Waals surface area contributed by atoms with Gasteiger partial charge in [-0.15, -0.1) is 10.2 Å². The second-order valence-electron chi connectivity index (χ2n) is 8.60. The molecule has 0 aliphatic heterocycles. The van der Waals surface area contributed by atoms with E-state index < -0.39 is 5.97 Å². The number of pyridine rings is 1. The summed E-state index contributed by atoms with van der Waals surface area (Å²) in [6.45, 7) is 4.64. The number of carboxylic acid groups (broad SMARTS) is 1. The molecule has 3 aromatic heterocycles. The van der Waals surface area contributed by atoms with Crippen molar-refractivity contribution >= 4 is 5.97 Å². The molecule has 3 aromatic rings. The first-order valence-corrected chi connectivity index (χ1v) is 11.7. The summed E-state index contributed by atoms with van der Waals surface area (Å²) >= 11 is 0. The van der Waals surface area contributed by atoms with Gasteiger partial charge in [-0.2, -0.15) is 0 Å². The number of carbonyl (C=O) groups is 1. The zero-order valence-electron chi connectivity index (χ0n) is 19.4. The van der Waals surface area contributed by atoms with E-state index in [0.29, 0.717) is 37.3 Å². The van der Waals surface area contributed by atoms with Crippen molar-refractivity contribution in [3.63, 3.8) is 0 Å². The molecule has 176 valence electrons. The molecule has 0 unspecified atom stereocenters. The Morgan fingerprint density at radius 3 is 2.82 bits per heavy atom. The van der Waals surface area contributed by atoms with E-state index >= 15 is 0 Å². The first kappa shape index (κ1) is 22.9. The van der Waals surface area contributed by atoms with Gasteiger partial charge in [-0.05, 0) is 50.7 Å². The molecule has 1 aliphatic carbocycles. The number of hydrogen-bond acceptors (Lipinski definition) is 7. The second kappa shape index (κ2) is 10.1. The molecule has 0 spiro atoms. The number of aryl methyl sites for hydroxylation is 3. The predicted octanol–water partition coefficient (Wildman–Crippen LogP) is 3.05. The van der Waals surface area contributed by atoms with Crippen molar-refractivity contribution in [3.05, 3.63) is 35.4 Å². The van der Waals surface area contributed by atoms with E-state index in [0.717, 1.165) is 48.5 Å². The van der Waals surface area contributed by atoms with Gasteiger partial charge in [0.25, 0.3) is 0 Å². The number of aliphatic carboxylic acids is 1. The molecule has 33 heavy (non-hydrogen) atoms. The number of aromatic nitrogens is 7. The highest BCUT2D eigenvalue weighted by Gasteiger charge is 2.28. The van der Waals surface area contributed by atoms with Crippen molar-refractivity contribution in [1.82, 2.24) is 35.0 Å². The predicted molar refractivity (Wildman–Crippen MR) is 121 cm³/mol. The molecule has 0 saturated heterocycles. The molecule has 1 N–H and O–H groups in total. The van der Waals surface area contributed by atoms with Crippen LogP contribution in [0.5, 0.6) is 5.75 Å². The zero-order chi connectivity index (χ0) is 23.4. The third kappa shape index (κ3) is 5.20. The topological polar surface area (TPSA) is 121 Å². The van der Waals surface area contributed by atoms with Crippen molar-refractivity contribution < 1.29 is 14.6 Å². The van der Waals surface area contributed by atoms with Gasteiger partial charge in [0.15, 0.2) is 0 Å². The molecule has 0 amide bonds. The summed E-state index contributed by atoms with van der Waals surface area (Å²) in [4.78, 5) is 16.2. The standard InChI is InChI=1S/C23H31N7O3/c1-4-7-16-13-30(28-25-16)14-20-22(26-27-29(20)3)19-10-11-21(18(5-2)24-19)33-17-9-6-8-15(12-17)23(31)32/h10-11,13,15,17H,4-9,12,14H2,1-3H3,(H,31,32)/t15-,17-/m0/s1. The van der Waals surface area contributed by atoms with E-state index in [2.05, 4.69) is 27.5 Å². The summed E-state index contributed by atoms with van der Waals surface area (Å²) < 4.78 is 9.75. The Kier molecular flexibility index (Phi) is 7.00. The average molecular weight is 454 g/mol. The summed E-state index contributed by atoms with van der Waals surface area (Å²) in [5.41, 5.74) is 4.11. The Morgan fingerprint density at radius 2 is 2.06 bits per heavy atom. The Hall–Kier alpha value is -3.30. The Balaban J connectivity index is 1.54. The molecule has 10 nitrogen and oxygen atoms in total. The number of carboxylic acids is 1. The molecular weight excluding hydrogens is 422 g/mol. The van der Waals surface area contributed by atoms with Crippen LogP contribution in [0.4, 0.5) is 0 Å². The van der Waals surface area contributed by atoms with E-state index in [-0.39, 0.29) is 12.0 Å². The van der Waals surface area contributed by atoms with Crippen LogP contribution in [0.3, 0.4) is 0 Å². The van der Waals surface area contributed by atoms with Crippen LogP contribution in [0, 0.1) is 5.92 Å². The number of rotatable bonds is 9. The Bertz CT molecular complexity index is 1110. The first-order chi connectivity index (χ1) is 16.0. The van der Waals surface area contributed by atoms with Gasteiger partial charge in [-0.3, -0.25) is 4.79 Å². The van der Waals surface area contributed by atoms with Gasteiger partial charge in [0.05, 0.1) is 41.3 Å². The Morgan fingerprint density at radius 1 is 1.21 bits per heavy atom. The number of nitrogens with zero attached hydrogens (tertiary/aromatic N) is 7. The maximum atomic E-state index is 11.4. The average Bonchev–Trinajstić information content (AvgIpc) is 3.41. The molecule has 4 rings (SSSR count). The van der Waals surface area contributed by atoms with Crippen molar-refractivity contribution in [2.75, 3.05) is 0 Å². The SMILES string of the molecule is CCCc1cn(Cc2c(-c3ccc(O[C@H]4CCC[C@H](C(=O)O)C4)c(CC)n3)nnn2C)nn1. The highest BCUT2D eigenvalue weighted by atomic mass is 16.5. The molecule has 1 saturated carbocycles.